The molecule has 3 heterocycles. The first-order valence-electron chi connectivity index (χ1n) is 8.23. The van der Waals surface area contributed by atoms with Gasteiger partial charge in [0.25, 0.3) is 0 Å². The van der Waals surface area contributed by atoms with E-state index in [4.69, 9.17) is 4.52 Å². The van der Waals surface area contributed by atoms with Crippen LogP contribution in [0.15, 0.2) is 28.8 Å². The number of nitrogens with one attached hydrogen (secondary N) is 1. The first-order chi connectivity index (χ1) is 11.5. The van der Waals surface area contributed by atoms with Gasteiger partial charge in [0.05, 0.1) is 5.56 Å². The van der Waals surface area contributed by atoms with Crippen LogP contribution in [-0.2, 0) is 12.6 Å². The Labute approximate surface area is 137 Å². The van der Waals surface area contributed by atoms with Crippen molar-refractivity contribution in [3.63, 3.8) is 0 Å². The molecular weight excluding hydrogens is 319 g/mol. The SMILES string of the molecule is FC(F)(F)c1cccc(-c2noc(CC3CC4CCC(C3)N4)n2)c1. The molecule has 0 aliphatic carbocycles. The van der Waals surface area contributed by atoms with E-state index in [1.165, 1.54) is 18.9 Å². The van der Waals surface area contributed by atoms with Gasteiger partial charge in [-0.3, -0.25) is 0 Å². The fraction of sp³-hybridized carbons (Fsp3) is 0.529. The summed E-state index contributed by atoms with van der Waals surface area (Å²) in [6, 6.07) is 6.18. The molecule has 2 aliphatic heterocycles. The molecule has 1 aromatic carbocycles. The number of piperidine rings is 1. The molecule has 4 rings (SSSR count). The lowest BCUT2D eigenvalue weighted by molar-refractivity contribution is -0.137. The largest absolute Gasteiger partial charge is 0.416 e. The van der Waals surface area contributed by atoms with Crippen molar-refractivity contribution in [1.29, 1.82) is 0 Å². The molecule has 24 heavy (non-hydrogen) atoms. The van der Waals surface area contributed by atoms with Gasteiger partial charge in [-0.2, -0.15) is 18.2 Å². The molecule has 0 spiro atoms. The second-order valence-corrected chi connectivity index (χ2v) is 6.77. The monoisotopic (exact) mass is 337 g/mol. The van der Waals surface area contributed by atoms with Crippen molar-refractivity contribution in [2.24, 2.45) is 5.92 Å². The Morgan fingerprint density at radius 3 is 2.62 bits per heavy atom. The van der Waals surface area contributed by atoms with E-state index in [9.17, 15) is 13.2 Å². The van der Waals surface area contributed by atoms with E-state index in [0.717, 1.165) is 25.0 Å². The van der Waals surface area contributed by atoms with E-state index in [2.05, 4.69) is 15.5 Å². The number of nitrogens with zero attached hydrogens (tertiary/aromatic N) is 2. The van der Waals surface area contributed by atoms with Crippen molar-refractivity contribution in [1.82, 2.24) is 15.5 Å². The molecule has 0 radical (unpaired) electrons. The minimum absolute atomic E-state index is 0.216. The molecule has 2 fully saturated rings. The Morgan fingerprint density at radius 1 is 1.17 bits per heavy atom. The summed E-state index contributed by atoms with van der Waals surface area (Å²) in [5.41, 5.74) is -0.383. The lowest BCUT2D eigenvalue weighted by Gasteiger charge is -2.27. The molecule has 128 valence electrons. The van der Waals surface area contributed by atoms with Gasteiger partial charge in [-0.05, 0) is 43.7 Å². The number of aromatic nitrogens is 2. The highest BCUT2D eigenvalue weighted by molar-refractivity contribution is 5.55. The van der Waals surface area contributed by atoms with Crippen LogP contribution in [-0.4, -0.2) is 22.2 Å². The summed E-state index contributed by atoms with van der Waals surface area (Å²) >= 11 is 0. The number of rotatable bonds is 3. The van der Waals surface area contributed by atoms with Crippen LogP contribution in [0.4, 0.5) is 13.2 Å². The summed E-state index contributed by atoms with van der Waals surface area (Å²) in [5, 5.41) is 7.44. The van der Waals surface area contributed by atoms with Crippen molar-refractivity contribution in [2.75, 3.05) is 0 Å². The molecule has 2 bridgehead atoms. The topological polar surface area (TPSA) is 51.0 Å². The Hall–Kier alpha value is -1.89. The van der Waals surface area contributed by atoms with E-state index < -0.39 is 11.7 Å². The minimum atomic E-state index is -4.38. The van der Waals surface area contributed by atoms with Gasteiger partial charge in [0.1, 0.15) is 0 Å². The summed E-state index contributed by atoms with van der Waals surface area (Å²) in [7, 11) is 0. The van der Waals surface area contributed by atoms with Crippen molar-refractivity contribution >= 4 is 0 Å². The third kappa shape index (κ3) is 3.17. The second kappa shape index (κ2) is 5.88. The molecule has 2 atom stereocenters. The van der Waals surface area contributed by atoms with Gasteiger partial charge in [0.15, 0.2) is 0 Å². The first-order valence-corrected chi connectivity index (χ1v) is 8.23. The summed E-state index contributed by atoms with van der Waals surface area (Å²) in [4.78, 5) is 4.30. The van der Waals surface area contributed by atoms with Crippen molar-refractivity contribution in [2.45, 2.75) is 50.4 Å². The Bertz CT molecular complexity index is 716. The van der Waals surface area contributed by atoms with Crippen LogP contribution >= 0.6 is 0 Å². The predicted molar refractivity (Wildman–Crippen MR) is 81.1 cm³/mol. The Balaban J connectivity index is 1.49. The number of hydrogen-bond acceptors (Lipinski definition) is 4. The molecule has 2 aliphatic rings. The molecule has 0 amide bonds. The number of alkyl halides is 3. The van der Waals surface area contributed by atoms with Crippen molar-refractivity contribution in [3.05, 3.63) is 35.7 Å². The van der Waals surface area contributed by atoms with E-state index >= 15 is 0 Å². The Kier molecular flexibility index (Phi) is 3.83. The van der Waals surface area contributed by atoms with Crippen LogP contribution in [0.1, 0.15) is 37.1 Å². The van der Waals surface area contributed by atoms with E-state index in [1.807, 2.05) is 0 Å². The summed E-state index contributed by atoms with van der Waals surface area (Å²) in [6.07, 6.45) is 0.952. The number of benzene rings is 1. The molecule has 2 unspecified atom stereocenters. The van der Waals surface area contributed by atoms with Crippen LogP contribution < -0.4 is 5.32 Å². The number of hydrogen-bond donors (Lipinski definition) is 1. The summed E-state index contributed by atoms with van der Waals surface area (Å²) < 4.78 is 43.7. The number of halogens is 3. The molecule has 2 saturated heterocycles. The molecule has 2 aromatic rings. The van der Waals surface area contributed by atoms with Gasteiger partial charge in [-0.1, -0.05) is 17.3 Å². The van der Waals surface area contributed by atoms with Crippen molar-refractivity contribution < 1.29 is 17.7 Å². The Morgan fingerprint density at radius 2 is 1.92 bits per heavy atom. The maximum atomic E-state index is 12.8. The van der Waals surface area contributed by atoms with Crippen LogP contribution in [0.3, 0.4) is 0 Å². The van der Waals surface area contributed by atoms with Gasteiger partial charge in [0.2, 0.25) is 11.7 Å². The number of fused-ring (bicyclic) bond motifs is 2. The normalized spacial score (nSPS) is 26.7. The highest BCUT2D eigenvalue weighted by Gasteiger charge is 2.34. The van der Waals surface area contributed by atoms with Crippen LogP contribution in [0.5, 0.6) is 0 Å². The van der Waals surface area contributed by atoms with Gasteiger partial charge in [-0.15, -0.1) is 0 Å². The minimum Gasteiger partial charge on any atom is -0.339 e. The smallest absolute Gasteiger partial charge is 0.339 e. The third-order valence-electron chi connectivity index (χ3n) is 4.95. The maximum Gasteiger partial charge on any atom is 0.416 e. The summed E-state index contributed by atoms with van der Waals surface area (Å²) in [6.45, 7) is 0. The fourth-order valence-electron chi connectivity index (χ4n) is 3.88. The molecule has 1 aromatic heterocycles. The van der Waals surface area contributed by atoms with E-state index in [-0.39, 0.29) is 5.82 Å². The van der Waals surface area contributed by atoms with Gasteiger partial charge >= 0.3 is 6.18 Å². The van der Waals surface area contributed by atoms with E-state index in [1.54, 1.807) is 6.07 Å². The molecule has 4 nitrogen and oxygen atoms in total. The van der Waals surface area contributed by atoms with E-state index in [0.29, 0.717) is 35.9 Å². The third-order valence-corrected chi connectivity index (χ3v) is 4.95. The van der Waals surface area contributed by atoms with Gasteiger partial charge in [-0.25, -0.2) is 0 Å². The van der Waals surface area contributed by atoms with Crippen LogP contribution in [0, 0.1) is 5.92 Å². The first kappa shape index (κ1) is 15.6. The zero-order chi connectivity index (χ0) is 16.7. The average molecular weight is 337 g/mol. The molecule has 0 saturated carbocycles. The molecular formula is C17H18F3N3O. The fourth-order valence-corrected chi connectivity index (χ4v) is 3.88. The highest BCUT2D eigenvalue weighted by Crippen LogP contribution is 2.34. The molecule has 7 heteroatoms. The molecule has 1 N–H and O–H groups in total. The highest BCUT2D eigenvalue weighted by atomic mass is 19.4. The lowest BCUT2D eigenvalue weighted by Crippen LogP contribution is -2.38. The standard InChI is InChI=1S/C17H18F3N3O/c18-17(19,20)12-3-1-2-11(9-12)16-22-15(24-23-16)8-10-6-13-4-5-14(7-10)21-13/h1-3,9-10,13-14,21H,4-8H2. The maximum absolute atomic E-state index is 12.8. The predicted octanol–water partition coefficient (Wildman–Crippen LogP) is 3.83. The second-order valence-electron chi connectivity index (χ2n) is 6.77. The van der Waals surface area contributed by atoms with Crippen LogP contribution in [0.2, 0.25) is 0 Å². The zero-order valence-corrected chi connectivity index (χ0v) is 13.0. The van der Waals surface area contributed by atoms with Crippen molar-refractivity contribution in [3.8, 4) is 11.4 Å². The summed E-state index contributed by atoms with van der Waals surface area (Å²) in [5.74, 6) is 1.22. The van der Waals surface area contributed by atoms with Gasteiger partial charge in [0, 0.05) is 24.1 Å². The van der Waals surface area contributed by atoms with Crippen LogP contribution in [0.25, 0.3) is 11.4 Å². The van der Waals surface area contributed by atoms with Gasteiger partial charge < -0.3 is 9.84 Å². The zero-order valence-electron chi connectivity index (χ0n) is 13.0. The quantitative estimate of drug-likeness (QED) is 0.925. The average Bonchev–Trinajstić information content (AvgIpc) is 3.13. The lowest BCUT2D eigenvalue weighted by atomic mass is 9.90.